The number of hydrogen-bond donors (Lipinski definition) is 1. The van der Waals surface area contributed by atoms with Crippen LogP contribution in [0.4, 0.5) is 5.69 Å². The second-order valence-electron chi connectivity index (χ2n) is 7.27. The Labute approximate surface area is 195 Å². The van der Waals surface area contributed by atoms with Crippen molar-refractivity contribution >= 4 is 39.9 Å². The maximum Gasteiger partial charge on any atom is 0.296 e. The van der Waals surface area contributed by atoms with E-state index < -0.39 is 11.7 Å². The van der Waals surface area contributed by atoms with Crippen molar-refractivity contribution in [1.82, 2.24) is 14.5 Å². The van der Waals surface area contributed by atoms with Crippen molar-refractivity contribution in [3.63, 3.8) is 0 Å². The monoisotopic (exact) mass is 464 g/mol. The number of methoxy groups -OCH3 is 2. The summed E-state index contributed by atoms with van der Waals surface area (Å²) in [6, 6.07) is 12.1. The minimum atomic E-state index is -0.766. The van der Waals surface area contributed by atoms with Gasteiger partial charge < -0.3 is 19.4 Å². The Morgan fingerprint density at radius 3 is 2.58 bits per heavy atom. The normalized spacial score (nSPS) is 10.8. The number of carbonyl (C=O) groups excluding carboxylic acids is 2. The molecule has 0 aliphatic heterocycles. The van der Waals surface area contributed by atoms with Crippen LogP contribution in [0.15, 0.2) is 54.9 Å². The molecule has 1 aromatic carbocycles. The molecule has 3 heterocycles. The quantitative estimate of drug-likeness (QED) is 0.324. The first-order valence-corrected chi connectivity index (χ1v) is 10.4. The van der Waals surface area contributed by atoms with E-state index in [4.69, 9.17) is 21.1 Å². The van der Waals surface area contributed by atoms with Crippen LogP contribution < -0.4 is 14.8 Å². The summed E-state index contributed by atoms with van der Waals surface area (Å²) in [6.45, 7) is 2.21. The van der Waals surface area contributed by atoms with Crippen LogP contribution in [0.1, 0.15) is 21.7 Å². The highest BCUT2D eigenvalue weighted by Gasteiger charge is 2.26. The van der Waals surface area contributed by atoms with Crippen molar-refractivity contribution in [3.05, 3.63) is 76.8 Å². The van der Waals surface area contributed by atoms with Crippen molar-refractivity contribution < 1.29 is 19.1 Å². The first-order valence-electron chi connectivity index (χ1n) is 10.0. The van der Waals surface area contributed by atoms with Crippen molar-refractivity contribution in [1.29, 1.82) is 0 Å². The number of anilines is 1. The second-order valence-corrected chi connectivity index (χ2v) is 7.70. The number of ketones is 1. The van der Waals surface area contributed by atoms with Gasteiger partial charge in [0.25, 0.3) is 11.7 Å². The number of benzene rings is 1. The molecular weight excluding hydrogens is 444 g/mol. The van der Waals surface area contributed by atoms with Gasteiger partial charge in [-0.15, -0.1) is 0 Å². The van der Waals surface area contributed by atoms with Crippen molar-refractivity contribution in [2.45, 2.75) is 13.5 Å². The van der Waals surface area contributed by atoms with Crippen molar-refractivity contribution in [2.75, 3.05) is 19.5 Å². The summed E-state index contributed by atoms with van der Waals surface area (Å²) in [6.07, 6.45) is 3.06. The molecule has 0 aliphatic carbocycles. The number of aromatic nitrogens is 3. The van der Waals surface area contributed by atoms with Crippen LogP contribution in [0.2, 0.25) is 5.02 Å². The van der Waals surface area contributed by atoms with Gasteiger partial charge in [-0.1, -0.05) is 11.6 Å². The number of amides is 1. The van der Waals surface area contributed by atoms with Gasteiger partial charge in [-0.25, -0.2) is 4.98 Å². The number of nitrogens with one attached hydrogen (secondary N) is 1. The Bertz CT molecular complexity index is 1350. The van der Waals surface area contributed by atoms with Crippen LogP contribution in [0.3, 0.4) is 0 Å². The van der Waals surface area contributed by atoms with E-state index in [1.807, 2.05) is 22.8 Å². The van der Waals surface area contributed by atoms with Crippen LogP contribution in [0.5, 0.6) is 11.6 Å². The molecule has 0 aliphatic rings. The molecule has 0 atom stereocenters. The number of rotatable bonds is 7. The van der Waals surface area contributed by atoms with E-state index in [9.17, 15) is 9.59 Å². The lowest BCUT2D eigenvalue weighted by Gasteiger charge is -2.09. The van der Waals surface area contributed by atoms with Crippen LogP contribution in [0.25, 0.3) is 10.9 Å². The fourth-order valence-electron chi connectivity index (χ4n) is 3.64. The van der Waals surface area contributed by atoms with E-state index in [0.717, 1.165) is 11.2 Å². The molecule has 1 amide bonds. The molecule has 4 aromatic rings. The molecule has 168 valence electrons. The van der Waals surface area contributed by atoms with Gasteiger partial charge in [0.15, 0.2) is 0 Å². The molecule has 3 aromatic heterocycles. The highest BCUT2D eigenvalue weighted by Crippen LogP contribution is 2.31. The van der Waals surface area contributed by atoms with Crippen molar-refractivity contribution in [3.8, 4) is 11.6 Å². The lowest BCUT2D eigenvalue weighted by Crippen LogP contribution is -2.23. The molecule has 0 spiro atoms. The Morgan fingerprint density at radius 1 is 1.06 bits per heavy atom. The molecule has 0 fully saturated rings. The first-order chi connectivity index (χ1) is 15.9. The maximum atomic E-state index is 13.3. The fourth-order valence-corrected chi connectivity index (χ4v) is 3.75. The largest absolute Gasteiger partial charge is 0.497 e. The summed E-state index contributed by atoms with van der Waals surface area (Å²) in [5.41, 5.74) is 2.90. The summed E-state index contributed by atoms with van der Waals surface area (Å²) in [7, 11) is 3.02. The van der Waals surface area contributed by atoms with E-state index in [1.165, 1.54) is 19.4 Å². The number of pyridine rings is 2. The number of hydrogen-bond acceptors (Lipinski definition) is 6. The Hall–Kier alpha value is -3.91. The summed E-state index contributed by atoms with van der Waals surface area (Å²) >= 11 is 5.96. The third-order valence-electron chi connectivity index (χ3n) is 5.27. The van der Waals surface area contributed by atoms with Gasteiger partial charge in [0, 0.05) is 40.7 Å². The SMILES string of the molecule is COc1ccc2c(c1)c(C(=O)C(=O)Nc1ccnc(OC)c1)c(C)n2Cc1ccc(Cl)cn1. The summed E-state index contributed by atoms with van der Waals surface area (Å²) in [5.74, 6) is -0.520. The highest BCUT2D eigenvalue weighted by atomic mass is 35.5. The third-order valence-corrected chi connectivity index (χ3v) is 5.50. The average molecular weight is 465 g/mol. The molecule has 33 heavy (non-hydrogen) atoms. The number of halogens is 1. The Morgan fingerprint density at radius 2 is 1.88 bits per heavy atom. The minimum absolute atomic E-state index is 0.302. The zero-order valence-electron chi connectivity index (χ0n) is 18.3. The average Bonchev–Trinajstić information content (AvgIpc) is 3.10. The van der Waals surface area contributed by atoms with Gasteiger partial charge in [0.1, 0.15) is 5.75 Å². The molecule has 0 unspecified atom stereocenters. The number of carbonyl (C=O) groups is 2. The Balaban J connectivity index is 1.75. The summed E-state index contributed by atoms with van der Waals surface area (Å²) < 4.78 is 12.4. The molecule has 1 N–H and O–H groups in total. The van der Waals surface area contributed by atoms with E-state index in [1.54, 1.807) is 38.4 Å². The highest BCUT2D eigenvalue weighted by molar-refractivity contribution is 6.48. The van der Waals surface area contributed by atoms with Crippen LogP contribution in [-0.2, 0) is 11.3 Å². The lowest BCUT2D eigenvalue weighted by atomic mass is 10.1. The number of fused-ring (bicyclic) bond motifs is 1. The van der Waals surface area contributed by atoms with E-state index >= 15 is 0 Å². The standard InChI is InChI=1S/C24H21ClN4O4/c1-14-22(23(30)24(31)28-16-8-9-26-21(10-16)33-3)19-11-18(32-2)6-7-20(19)29(14)13-17-5-4-15(25)12-27-17/h4-12H,13H2,1-3H3,(H,26,28,31). The van der Waals surface area contributed by atoms with E-state index in [2.05, 4.69) is 15.3 Å². The molecule has 9 heteroatoms. The van der Waals surface area contributed by atoms with Gasteiger partial charge in [-0.2, -0.15) is 0 Å². The second kappa shape index (κ2) is 9.30. The zero-order valence-corrected chi connectivity index (χ0v) is 19.0. The topological polar surface area (TPSA) is 95.3 Å². The molecular formula is C24H21ClN4O4. The van der Waals surface area contributed by atoms with Gasteiger partial charge in [-0.05, 0) is 43.3 Å². The van der Waals surface area contributed by atoms with E-state index in [-0.39, 0.29) is 0 Å². The molecule has 0 radical (unpaired) electrons. The summed E-state index contributed by atoms with van der Waals surface area (Å²) in [5, 5.41) is 3.78. The number of ether oxygens (including phenoxy) is 2. The predicted molar refractivity (Wildman–Crippen MR) is 125 cm³/mol. The summed E-state index contributed by atoms with van der Waals surface area (Å²) in [4.78, 5) is 34.5. The van der Waals surface area contributed by atoms with Gasteiger partial charge in [0.2, 0.25) is 5.88 Å². The molecule has 0 saturated heterocycles. The van der Waals surface area contributed by atoms with Gasteiger partial charge in [-0.3, -0.25) is 14.6 Å². The van der Waals surface area contributed by atoms with Gasteiger partial charge >= 0.3 is 0 Å². The first kappa shape index (κ1) is 22.3. The van der Waals surface area contributed by atoms with Gasteiger partial charge in [0.05, 0.1) is 37.0 Å². The van der Waals surface area contributed by atoms with Crippen molar-refractivity contribution in [2.24, 2.45) is 0 Å². The predicted octanol–water partition coefficient (Wildman–Crippen LogP) is 4.28. The van der Waals surface area contributed by atoms with E-state index in [0.29, 0.717) is 45.5 Å². The smallest absolute Gasteiger partial charge is 0.296 e. The fraction of sp³-hybridized carbons (Fsp3) is 0.167. The van der Waals surface area contributed by atoms with Crippen LogP contribution >= 0.6 is 11.6 Å². The molecule has 0 bridgehead atoms. The number of nitrogens with zero attached hydrogens (tertiary/aromatic N) is 3. The zero-order chi connectivity index (χ0) is 23.5. The minimum Gasteiger partial charge on any atom is -0.497 e. The molecule has 0 saturated carbocycles. The lowest BCUT2D eigenvalue weighted by molar-refractivity contribution is -0.112. The maximum absolute atomic E-state index is 13.3. The Kier molecular flexibility index (Phi) is 6.28. The molecule has 4 rings (SSSR count). The number of Topliss-reactive ketones (excluding diaryl/α,β-unsaturated/α-hetero) is 1. The van der Waals surface area contributed by atoms with Crippen LogP contribution in [0, 0.1) is 6.92 Å². The van der Waals surface area contributed by atoms with Crippen LogP contribution in [-0.4, -0.2) is 40.4 Å². The third kappa shape index (κ3) is 4.51. The molecule has 8 nitrogen and oxygen atoms in total.